The van der Waals surface area contributed by atoms with Gasteiger partial charge in [0, 0.05) is 37.2 Å². The summed E-state index contributed by atoms with van der Waals surface area (Å²) in [6, 6.07) is 0. The Morgan fingerprint density at radius 2 is 2.00 bits per heavy atom. The second-order valence-electron chi connectivity index (χ2n) is 6.34. The number of anilines is 1. The summed E-state index contributed by atoms with van der Waals surface area (Å²) >= 11 is 1.80. The fourth-order valence-electron chi connectivity index (χ4n) is 1.98. The highest BCUT2D eigenvalue weighted by Crippen LogP contribution is 2.27. The van der Waals surface area contributed by atoms with Gasteiger partial charge < -0.3 is 15.0 Å². The molecule has 0 spiro atoms. The first-order valence-corrected chi connectivity index (χ1v) is 8.70. The molecule has 0 amide bonds. The molecule has 0 aromatic carbocycles. The SMILES string of the molecule is CCCCN(CC)c1nc(COC)c(CNC(C)(C)C)s1. The van der Waals surface area contributed by atoms with Crippen molar-refractivity contribution in [3.63, 3.8) is 0 Å². The molecule has 1 aromatic rings. The third kappa shape index (κ3) is 6.32. The molecule has 5 heteroatoms. The summed E-state index contributed by atoms with van der Waals surface area (Å²) in [6.45, 7) is 14.5. The van der Waals surface area contributed by atoms with Crippen LogP contribution in [0.2, 0.25) is 0 Å². The van der Waals surface area contributed by atoms with Crippen molar-refractivity contribution in [2.45, 2.75) is 66.2 Å². The molecule has 0 saturated heterocycles. The summed E-state index contributed by atoms with van der Waals surface area (Å²) < 4.78 is 5.31. The number of methoxy groups -OCH3 is 1. The number of nitrogens with zero attached hydrogens (tertiary/aromatic N) is 2. The van der Waals surface area contributed by atoms with Gasteiger partial charge in [0.1, 0.15) is 0 Å². The number of thiazole rings is 1. The molecule has 0 bridgehead atoms. The predicted octanol–water partition coefficient (Wildman–Crippen LogP) is 3.80. The molecular weight excluding hydrogens is 282 g/mol. The van der Waals surface area contributed by atoms with Crippen molar-refractivity contribution < 1.29 is 4.74 Å². The Bertz CT molecular complexity index is 412. The van der Waals surface area contributed by atoms with Crippen molar-refractivity contribution in [2.24, 2.45) is 0 Å². The van der Waals surface area contributed by atoms with Crippen LogP contribution in [0.4, 0.5) is 5.13 Å². The maximum atomic E-state index is 5.31. The zero-order chi connectivity index (χ0) is 15.9. The van der Waals surface area contributed by atoms with E-state index in [1.165, 1.54) is 17.7 Å². The molecule has 0 aliphatic carbocycles. The van der Waals surface area contributed by atoms with E-state index in [1.54, 1.807) is 18.4 Å². The second-order valence-corrected chi connectivity index (χ2v) is 7.40. The average Bonchev–Trinajstić information content (AvgIpc) is 2.80. The summed E-state index contributed by atoms with van der Waals surface area (Å²) in [5.74, 6) is 0. The van der Waals surface area contributed by atoms with E-state index in [1.807, 2.05) is 0 Å². The van der Waals surface area contributed by atoms with Gasteiger partial charge in [-0.15, -0.1) is 11.3 Å². The number of ether oxygens (including phenoxy) is 1. The molecule has 0 fully saturated rings. The second kappa shape index (κ2) is 8.71. The molecule has 1 heterocycles. The van der Waals surface area contributed by atoms with Gasteiger partial charge in [-0.1, -0.05) is 13.3 Å². The van der Waals surface area contributed by atoms with E-state index < -0.39 is 0 Å². The highest BCUT2D eigenvalue weighted by atomic mass is 32.1. The van der Waals surface area contributed by atoms with Crippen LogP contribution in [0.25, 0.3) is 0 Å². The predicted molar refractivity (Wildman–Crippen MR) is 92.2 cm³/mol. The topological polar surface area (TPSA) is 37.4 Å². The van der Waals surface area contributed by atoms with Gasteiger partial charge in [-0.3, -0.25) is 0 Å². The summed E-state index contributed by atoms with van der Waals surface area (Å²) in [5, 5.41) is 4.68. The molecule has 1 rings (SSSR count). The van der Waals surface area contributed by atoms with Gasteiger partial charge >= 0.3 is 0 Å². The van der Waals surface area contributed by atoms with Crippen LogP contribution in [0, 0.1) is 0 Å². The molecule has 1 N–H and O–H groups in total. The van der Waals surface area contributed by atoms with E-state index in [2.05, 4.69) is 44.8 Å². The van der Waals surface area contributed by atoms with Gasteiger partial charge in [-0.05, 0) is 34.1 Å². The first-order valence-electron chi connectivity index (χ1n) is 7.88. The van der Waals surface area contributed by atoms with Crippen molar-refractivity contribution >= 4 is 16.5 Å². The molecular formula is C16H31N3OS. The normalized spacial score (nSPS) is 11.9. The Morgan fingerprint density at radius 3 is 2.52 bits per heavy atom. The fraction of sp³-hybridized carbons (Fsp3) is 0.812. The highest BCUT2D eigenvalue weighted by Gasteiger charge is 2.17. The minimum atomic E-state index is 0.112. The van der Waals surface area contributed by atoms with Crippen LogP contribution < -0.4 is 10.2 Å². The maximum Gasteiger partial charge on any atom is 0.185 e. The van der Waals surface area contributed by atoms with Crippen molar-refractivity contribution in [3.8, 4) is 0 Å². The summed E-state index contributed by atoms with van der Waals surface area (Å²) in [7, 11) is 1.73. The van der Waals surface area contributed by atoms with Crippen LogP contribution in [0.1, 0.15) is 58.0 Å². The van der Waals surface area contributed by atoms with Gasteiger partial charge in [0.05, 0.1) is 12.3 Å². The molecule has 21 heavy (non-hydrogen) atoms. The Kier molecular flexibility index (Phi) is 7.63. The molecule has 0 saturated carbocycles. The molecule has 0 aliphatic rings. The number of nitrogens with one attached hydrogen (secondary N) is 1. The lowest BCUT2D eigenvalue weighted by atomic mass is 10.1. The summed E-state index contributed by atoms with van der Waals surface area (Å²) in [6.07, 6.45) is 2.42. The largest absolute Gasteiger partial charge is 0.378 e. The average molecular weight is 314 g/mol. The van der Waals surface area contributed by atoms with Gasteiger partial charge in [0.15, 0.2) is 5.13 Å². The first-order chi connectivity index (χ1) is 9.91. The molecule has 122 valence electrons. The molecule has 0 aliphatic heterocycles. The maximum absolute atomic E-state index is 5.31. The quantitative estimate of drug-likeness (QED) is 0.752. The summed E-state index contributed by atoms with van der Waals surface area (Å²) in [5.41, 5.74) is 1.19. The molecule has 1 aromatic heterocycles. The van der Waals surface area contributed by atoms with Crippen LogP contribution in [0.5, 0.6) is 0 Å². The van der Waals surface area contributed by atoms with E-state index >= 15 is 0 Å². The Labute approximate surface area is 133 Å². The standard InChI is InChI=1S/C16H31N3OS/c1-7-9-10-19(8-2)15-18-13(12-20-6)14(21-15)11-17-16(3,4)5/h17H,7-12H2,1-6H3. The molecule has 0 atom stereocenters. The van der Waals surface area contributed by atoms with Gasteiger partial charge in [-0.2, -0.15) is 0 Å². The van der Waals surface area contributed by atoms with E-state index in [9.17, 15) is 0 Å². The zero-order valence-electron chi connectivity index (χ0n) is 14.5. The highest BCUT2D eigenvalue weighted by molar-refractivity contribution is 7.15. The fourth-order valence-corrected chi connectivity index (χ4v) is 3.07. The third-order valence-corrected chi connectivity index (χ3v) is 4.42. The van der Waals surface area contributed by atoms with Crippen LogP contribution in [-0.4, -0.2) is 30.7 Å². The Balaban J connectivity index is 2.86. The Hall–Kier alpha value is -0.650. The molecule has 0 unspecified atom stereocenters. The minimum Gasteiger partial charge on any atom is -0.378 e. The van der Waals surface area contributed by atoms with E-state index in [4.69, 9.17) is 9.72 Å². The van der Waals surface area contributed by atoms with Crippen molar-refractivity contribution in [3.05, 3.63) is 10.6 Å². The van der Waals surface area contributed by atoms with Crippen LogP contribution in [-0.2, 0) is 17.9 Å². The number of aromatic nitrogens is 1. The lowest BCUT2D eigenvalue weighted by Gasteiger charge is -2.20. The number of unbranched alkanes of at least 4 members (excludes halogenated alkanes) is 1. The Morgan fingerprint density at radius 1 is 1.29 bits per heavy atom. The van der Waals surface area contributed by atoms with Gasteiger partial charge in [-0.25, -0.2) is 4.98 Å². The van der Waals surface area contributed by atoms with E-state index in [-0.39, 0.29) is 5.54 Å². The number of hydrogen-bond acceptors (Lipinski definition) is 5. The first kappa shape index (κ1) is 18.4. The molecule has 4 nitrogen and oxygen atoms in total. The van der Waals surface area contributed by atoms with Crippen molar-refractivity contribution in [2.75, 3.05) is 25.1 Å². The number of hydrogen-bond donors (Lipinski definition) is 1. The minimum absolute atomic E-state index is 0.112. The smallest absolute Gasteiger partial charge is 0.185 e. The van der Waals surface area contributed by atoms with Gasteiger partial charge in [0.25, 0.3) is 0 Å². The van der Waals surface area contributed by atoms with Crippen LogP contribution in [0.3, 0.4) is 0 Å². The molecule has 0 radical (unpaired) electrons. The number of rotatable bonds is 9. The van der Waals surface area contributed by atoms with Crippen LogP contribution >= 0.6 is 11.3 Å². The van der Waals surface area contributed by atoms with Crippen LogP contribution in [0.15, 0.2) is 0 Å². The van der Waals surface area contributed by atoms with Gasteiger partial charge in [0.2, 0.25) is 0 Å². The zero-order valence-corrected chi connectivity index (χ0v) is 15.3. The third-order valence-electron chi connectivity index (χ3n) is 3.26. The van der Waals surface area contributed by atoms with E-state index in [0.29, 0.717) is 6.61 Å². The van der Waals surface area contributed by atoms with Crippen molar-refractivity contribution in [1.82, 2.24) is 10.3 Å². The lowest BCUT2D eigenvalue weighted by molar-refractivity contribution is 0.181. The van der Waals surface area contributed by atoms with E-state index in [0.717, 1.165) is 30.5 Å². The monoisotopic (exact) mass is 313 g/mol. The van der Waals surface area contributed by atoms with Crippen molar-refractivity contribution in [1.29, 1.82) is 0 Å². The summed E-state index contributed by atoms with van der Waals surface area (Å²) in [4.78, 5) is 8.46. The lowest BCUT2D eigenvalue weighted by Crippen LogP contribution is -2.35.